The minimum atomic E-state index is 0.0743. The van der Waals surface area contributed by atoms with Gasteiger partial charge in [-0.15, -0.1) is 0 Å². The molecule has 0 unspecified atom stereocenters. The highest BCUT2D eigenvalue weighted by atomic mass is 16.5. The van der Waals surface area contributed by atoms with Crippen LogP contribution in [0.5, 0.6) is 11.5 Å². The van der Waals surface area contributed by atoms with Crippen LogP contribution in [0.3, 0.4) is 0 Å². The van der Waals surface area contributed by atoms with Gasteiger partial charge in [-0.3, -0.25) is 4.79 Å². The van der Waals surface area contributed by atoms with E-state index < -0.39 is 0 Å². The molecule has 0 heterocycles. The Kier molecular flexibility index (Phi) is 4.11. The van der Waals surface area contributed by atoms with Gasteiger partial charge in [-0.25, -0.2) is 0 Å². The van der Waals surface area contributed by atoms with Gasteiger partial charge in [0, 0.05) is 0 Å². The SMILES string of the molecule is COc1ccc(C=C(C=O)C(C)C)cc1O. The van der Waals surface area contributed by atoms with Crippen molar-refractivity contribution in [2.75, 3.05) is 7.11 Å². The van der Waals surface area contributed by atoms with Crippen LogP contribution in [0.4, 0.5) is 0 Å². The van der Waals surface area contributed by atoms with Gasteiger partial charge in [0.1, 0.15) is 6.29 Å². The first kappa shape index (κ1) is 12.3. The fraction of sp³-hybridized carbons (Fsp3) is 0.308. The molecule has 0 aliphatic heterocycles. The quantitative estimate of drug-likeness (QED) is 0.626. The fourth-order valence-electron chi connectivity index (χ4n) is 1.33. The van der Waals surface area contributed by atoms with E-state index in [-0.39, 0.29) is 11.7 Å². The zero-order valence-electron chi connectivity index (χ0n) is 9.73. The summed E-state index contributed by atoms with van der Waals surface area (Å²) >= 11 is 0. The van der Waals surface area contributed by atoms with E-state index in [4.69, 9.17) is 4.74 Å². The maximum atomic E-state index is 10.8. The molecule has 0 aliphatic rings. The molecule has 86 valence electrons. The van der Waals surface area contributed by atoms with Crippen molar-refractivity contribution in [2.45, 2.75) is 13.8 Å². The largest absolute Gasteiger partial charge is 0.504 e. The Bertz CT molecular complexity index is 406. The van der Waals surface area contributed by atoms with E-state index >= 15 is 0 Å². The number of allylic oxidation sites excluding steroid dienone is 1. The second-order valence-electron chi connectivity index (χ2n) is 3.85. The summed E-state index contributed by atoms with van der Waals surface area (Å²) in [6, 6.07) is 5.04. The van der Waals surface area contributed by atoms with Crippen molar-refractivity contribution in [1.82, 2.24) is 0 Å². The van der Waals surface area contributed by atoms with Crippen molar-refractivity contribution in [3.05, 3.63) is 29.3 Å². The lowest BCUT2D eigenvalue weighted by molar-refractivity contribution is -0.105. The number of carbonyl (C=O) groups is 1. The summed E-state index contributed by atoms with van der Waals surface area (Å²) in [5.41, 5.74) is 1.48. The van der Waals surface area contributed by atoms with Crippen LogP contribution in [-0.4, -0.2) is 18.5 Å². The van der Waals surface area contributed by atoms with E-state index in [0.29, 0.717) is 11.3 Å². The van der Waals surface area contributed by atoms with Crippen LogP contribution < -0.4 is 4.74 Å². The minimum absolute atomic E-state index is 0.0743. The molecule has 16 heavy (non-hydrogen) atoms. The molecule has 0 saturated heterocycles. The monoisotopic (exact) mass is 220 g/mol. The predicted molar refractivity (Wildman–Crippen MR) is 63.5 cm³/mol. The van der Waals surface area contributed by atoms with Gasteiger partial charge >= 0.3 is 0 Å². The standard InChI is InChI=1S/C13H16O3/c1-9(2)11(8-14)6-10-4-5-13(16-3)12(15)7-10/h4-9,15H,1-3H3. The number of aromatic hydroxyl groups is 1. The lowest BCUT2D eigenvalue weighted by Crippen LogP contribution is -1.94. The number of hydrogen-bond acceptors (Lipinski definition) is 3. The molecule has 0 bridgehead atoms. The first-order valence-electron chi connectivity index (χ1n) is 5.12. The Morgan fingerprint density at radius 2 is 2.12 bits per heavy atom. The topological polar surface area (TPSA) is 46.5 Å². The first-order chi connectivity index (χ1) is 7.58. The average molecular weight is 220 g/mol. The summed E-state index contributed by atoms with van der Waals surface area (Å²) in [6.45, 7) is 3.90. The minimum Gasteiger partial charge on any atom is -0.504 e. The van der Waals surface area contributed by atoms with E-state index in [9.17, 15) is 9.90 Å². The van der Waals surface area contributed by atoms with Gasteiger partial charge in [0.2, 0.25) is 0 Å². The van der Waals surface area contributed by atoms with Gasteiger partial charge in [0.05, 0.1) is 7.11 Å². The highest BCUT2D eigenvalue weighted by Gasteiger charge is 2.04. The van der Waals surface area contributed by atoms with E-state index in [1.54, 1.807) is 24.3 Å². The molecule has 3 nitrogen and oxygen atoms in total. The maximum absolute atomic E-state index is 10.8. The van der Waals surface area contributed by atoms with Crippen molar-refractivity contribution in [1.29, 1.82) is 0 Å². The highest BCUT2D eigenvalue weighted by Crippen LogP contribution is 2.27. The zero-order valence-corrected chi connectivity index (χ0v) is 9.73. The summed E-state index contributed by atoms with van der Waals surface area (Å²) < 4.78 is 4.94. The normalized spacial score (nSPS) is 11.6. The lowest BCUT2D eigenvalue weighted by Gasteiger charge is -2.06. The molecule has 1 rings (SSSR count). The van der Waals surface area contributed by atoms with Crippen LogP contribution in [0.25, 0.3) is 6.08 Å². The van der Waals surface area contributed by atoms with Gasteiger partial charge in [-0.2, -0.15) is 0 Å². The lowest BCUT2D eigenvalue weighted by atomic mass is 10.0. The smallest absolute Gasteiger partial charge is 0.160 e. The van der Waals surface area contributed by atoms with Gasteiger partial charge < -0.3 is 9.84 Å². The molecule has 1 aromatic rings. The van der Waals surface area contributed by atoms with Crippen molar-refractivity contribution in [2.24, 2.45) is 5.92 Å². The second kappa shape index (κ2) is 5.35. The summed E-state index contributed by atoms with van der Waals surface area (Å²) in [7, 11) is 1.50. The Labute approximate surface area is 95.4 Å². The maximum Gasteiger partial charge on any atom is 0.160 e. The third-order valence-corrected chi connectivity index (χ3v) is 2.34. The molecule has 0 aromatic heterocycles. The molecule has 0 saturated carbocycles. The average Bonchev–Trinajstić information content (AvgIpc) is 2.25. The number of benzene rings is 1. The Balaban J connectivity index is 3.06. The highest BCUT2D eigenvalue weighted by molar-refractivity contribution is 5.82. The summed E-state index contributed by atoms with van der Waals surface area (Å²) in [4.78, 5) is 10.8. The van der Waals surface area contributed by atoms with Crippen LogP contribution in [0.2, 0.25) is 0 Å². The van der Waals surface area contributed by atoms with Gasteiger partial charge in [-0.1, -0.05) is 19.9 Å². The second-order valence-corrected chi connectivity index (χ2v) is 3.85. The third-order valence-electron chi connectivity index (χ3n) is 2.34. The molecule has 0 fully saturated rings. The van der Waals surface area contributed by atoms with E-state index in [0.717, 1.165) is 11.8 Å². The van der Waals surface area contributed by atoms with Crippen molar-refractivity contribution in [3.8, 4) is 11.5 Å². The Morgan fingerprint density at radius 1 is 1.44 bits per heavy atom. The number of rotatable bonds is 4. The summed E-state index contributed by atoms with van der Waals surface area (Å²) in [6.07, 6.45) is 2.60. The number of aldehydes is 1. The van der Waals surface area contributed by atoms with Crippen molar-refractivity contribution in [3.63, 3.8) is 0 Å². The molecular formula is C13H16O3. The molecule has 0 radical (unpaired) electrons. The van der Waals surface area contributed by atoms with E-state index in [1.165, 1.54) is 7.11 Å². The van der Waals surface area contributed by atoms with Crippen LogP contribution in [0, 0.1) is 5.92 Å². The fourth-order valence-corrected chi connectivity index (χ4v) is 1.33. The summed E-state index contributed by atoms with van der Waals surface area (Å²) in [5.74, 6) is 0.668. The number of methoxy groups -OCH3 is 1. The first-order valence-corrected chi connectivity index (χ1v) is 5.12. The molecule has 3 heteroatoms. The van der Waals surface area contributed by atoms with Gasteiger partial charge in [0.15, 0.2) is 11.5 Å². The molecule has 0 amide bonds. The Hall–Kier alpha value is -1.77. The van der Waals surface area contributed by atoms with E-state index in [2.05, 4.69) is 0 Å². The van der Waals surface area contributed by atoms with Gasteiger partial charge in [-0.05, 0) is 35.3 Å². The van der Waals surface area contributed by atoms with E-state index in [1.807, 2.05) is 13.8 Å². The van der Waals surface area contributed by atoms with Crippen LogP contribution >= 0.6 is 0 Å². The third kappa shape index (κ3) is 2.86. The van der Waals surface area contributed by atoms with Crippen LogP contribution in [0.15, 0.2) is 23.8 Å². The van der Waals surface area contributed by atoms with Crippen LogP contribution in [0.1, 0.15) is 19.4 Å². The number of ether oxygens (including phenoxy) is 1. The zero-order chi connectivity index (χ0) is 12.1. The molecular weight excluding hydrogens is 204 g/mol. The molecule has 0 atom stereocenters. The molecule has 1 N–H and O–H groups in total. The van der Waals surface area contributed by atoms with Crippen molar-refractivity contribution < 1.29 is 14.6 Å². The molecule has 1 aromatic carbocycles. The Morgan fingerprint density at radius 3 is 2.56 bits per heavy atom. The van der Waals surface area contributed by atoms with Crippen LogP contribution in [-0.2, 0) is 4.79 Å². The summed E-state index contributed by atoms with van der Waals surface area (Å²) in [5, 5.41) is 9.57. The number of carbonyl (C=O) groups excluding carboxylic acids is 1. The predicted octanol–water partition coefficient (Wildman–Crippen LogP) is 2.64. The van der Waals surface area contributed by atoms with Crippen molar-refractivity contribution >= 4 is 12.4 Å². The number of hydrogen-bond donors (Lipinski definition) is 1. The molecule has 0 spiro atoms. The van der Waals surface area contributed by atoms with Gasteiger partial charge in [0.25, 0.3) is 0 Å². The molecule has 0 aliphatic carbocycles. The number of phenolic OH excluding ortho intramolecular Hbond substituents is 1. The number of phenols is 1.